The summed E-state index contributed by atoms with van der Waals surface area (Å²) >= 11 is 7.39. The van der Waals surface area contributed by atoms with Gasteiger partial charge in [-0.2, -0.15) is 0 Å². The second-order valence-corrected chi connectivity index (χ2v) is 7.15. The number of aromatic nitrogens is 3. The van der Waals surface area contributed by atoms with E-state index in [0.717, 1.165) is 10.2 Å². The van der Waals surface area contributed by atoms with Crippen molar-refractivity contribution in [1.82, 2.24) is 20.4 Å². The minimum atomic E-state index is -0.374. The van der Waals surface area contributed by atoms with Crippen LogP contribution in [0.15, 0.2) is 54.9 Å². The van der Waals surface area contributed by atoms with E-state index in [1.165, 1.54) is 17.7 Å². The van der Waals surface area contributed by atoms with Crippen molar-refractivity contribution in [3.8, 4) is 0 Å². The van der Waals surface area contributed by atoms with Gasteiger partial charge in [-0.05, 0) is 30.3 Å². The van der Waals surface area contributed by atoms with Crippen LogP contribution in [0.1, 0.15) is 10.4 Å². The second kappa shape index (κ2) is 7.67. The fourth-order valence-corrected chi connectivity index (χ4v) is 3.49. The van der Waals surface area contributed by atoms with Crippen LogP contribution in [0.3, 0.4) is 0 Å². The van der Waals surface area contributed by atoms with Crippen molar-refractivity contribution in [1.29, 1.82) is 0 Å². The number of nitrogens with zero attached hydrogens (tertiary/aromatic N) is 3. The smallest absolute Gasteiger partial charge is 0.269 e. The van der Waals surface area contributed by atoms with E-state index in [0.29, 0.717) is 21.5 Å². The normalized spacial score (nSPS) is 10.6. The number of thiazole rings is 1. The molecule has 5 N–H and O–H groups in total. The molecule has 0 saturated carbocycles. The van der Waals surface area contributed by atoms with Crippen LogP contribution in [-0.2, 0) is 0 Å². The number of fused-ring (bicyclic) bond motifs is 1. The SMILES string of the molecule is Nc1c(NNC(=O)c2cccc(Cl)c2)ncnc1Nc1nc2ccccc2s1. The Morgan fingerprint density at radius 2 is 1.89 bits per heavy atom. The summed E-state index contributed by atoms with van der Waals surface area (Å²) in [6, 6.07) is 14.4. The summed E-state index contributed by atoms with van der Waals surface area (Å²) in [6.45, 7) is 0. The fourth-order valence-electron chi connectivity index (χ4n) is 2.44. The minimum Gasteiger partial charge on any atom is -0.393 e. The topological polar surface area (TPSA) is 118 Å². The van der Waals surface area contributed by atoms with E-state index >= 15 is 0 Å². The molecular formula is C18H14ClN7OS. The summed E-state index contributed by atoms with van der Waals surface area (Å²) in [5, 5.41) is 4.21. The van der Waals surface area contributed by atoms with Crippen LogP contribution >= 0.6 is 22.9 Å². The lowest BCUT2D eigenvalue weighted by Crippen LogP contribution is -2.30. The van der Waals surface area contributed by atoms with Crippen LogP contribution in [0.4, 0.5) is 22.5 Å². The summed E-state index contributed by atoms with van der Waals surface area (Å²) in [7, 11) is 0. The van der Waals surface area contributed by atoms with Gasteiger partial charge < -0.3 is 11.1 Å². The lowest BCUT2D eigenvalue weighted by atomic mass is 10.2. The van der Waals surface area contributed by atoms with Crippen molar-refractivity contribution in [2.24, 2.45) is 0 Å². The Morgan fingerprint density at radius 3 is 2.71 bits per heavy atom. The summed E-state index contributed by atoms with van der Waals surface area (Å²) in [5.74, 6) is 0.267. The number of para-hydroxylation sites is 1. The number of nitrogen functional groups attached to an aromatic ring is 1. The first kappa shape index (κ1) is 18.0. The largest absolute Gasteiger partial charge is 0.393 e. The third-order valence-electron chi connectivity index (χ3n) is 3.78. The molecular weight excluding hydrogens is 398 g/mol. The maximum atomic E-state index is 12.2. The third-order valence-corrected chi connectivity index (χ3v) is 4.97. The van der Waals surface area contributed by atoms with Gasteiger partial charge in [0.1, 0.15) is 12.0 Å². The number of hydrogen-bond acceptors (Lipinski definition) is 8. The van der Waals surface area contributed by atoms with Gasteiger partial charge in [0.2, 0.25) is 0 Å². The first-order valence-corrected chi connectivity index (χ1v) is 9.34. The molecule has 0 unspecified atom stereocenters. The highest BCUT2D eigenvalue weighted by molar-refractivity contribution is 7.22. The molecule has 0 bridgehead atoms. The predicted molar refractivity (Wildman–Crippen MR) is 112 cm³/mol. The molecule has 1 amide bonds. The Hall–Kier alpha value is -3.43. The van der Waals surface area contributed by atoms with Gasteiger partial charge in [-0.3, -0.25) is 15.6 Å². The molecule has 4 aromatic rings. The quantitative estimate of drug-likeness (QED) is 0.368. The monoisotopic (exact) mass is 411 g/mol. The second-order valence-electron chi connectivity index (χ2n) is 5.69. The molecule has 10 heteroatoms. The average Bonchev–Trinajstić information content (AvgIpc) is 3.11. The van der Waals surface area contributed by atoms with Crippen molar-refractivity contribution in [3.63, 3.8) is 0 Å². The van der Waals surface area contributed by atoms with Crippen molar-refractivity contribution in [2.45, 2.75) is 0 Å². The maximum Gasteiger partial charge on any atom is 0.269 e. The summed E-state index contributed by atoms with van der Waals surface area (Å²) < 4.78 is 1.05. The van der Waals surface area contributed by atoms with Gasteiger partial charge in [0.15, 0.2) is 16.8 Å². The third kappa shape index (κ3) is 3.80. The van der Waals surface area contributed by atoms with Crippen molar-refractivity contribution < 1.29 is 4.79 Å². The van der Waals surface area contributed by atoms with Crippen LogP contribution < -0.4 is 21.9 Å². The first-order valence-electron chi connectivity index (χ1n) is 8.15. The average molecular weight is 412 g/mol. The van der Waals surface area contributed by atoms with E-state index < -0.39 is 0 Å². The van der Waals surface area contributed by atoms with Crippen molar-refractivity contribution >= 4 is 61.5 Å². The number of nitrogens with two attached hydrogens (primary N) is 1. The Labute approximate surface area is 168 Å². The number of rotatable bonds is 5. The van der Waals surface area contributed by atoms with Gasteiger partial charge in [0.05, 0.1) is 10.2 Å². The van der Waals surface area contributed by atoms with Gasteiger partial charge in [-0.1, -0.05) is 41.1 Å². The Morgan fingerprint density at radius 1 is 1.07 bits per heavy atom. The zero-order valence-electron chi connectivity index (χ0n) is 14.3. The molecule has 0 aliphatic rings. The molecule has 0 saturated heterocycles. The van der Waals surface area contributed by atoms with Crippen LogP contribution in [0.5, 0.6) is 0 Å². The molecule has 4 rings (SSSR count). The molecule has 0 aliphatic carbocycles. The van der Waals surface area contributed by atoms with Crippen LogP contribution in [0.2, 0.25) is 5.02 Å². The number of carbonyl (C=O) groups excluding carboxylic acids is 1. The molecule has 2 heterocycles. The highest BCUT2D eigenvalue weighted by atomic mass is 35.5. The number of amides is 1. The van der Waals surface area contributed by atoms with E-state index in [4.69, 9.17) is 17.3 Å². The summed E-state index contributed by atoms with van der Waals surface area (Å²) in [4.78, 5) is 24.9. The Balaban J connectivity index is 1.49. The minimum absolute atomic E-state index is 0.244. The number of benzene rings is 2. The van der Waals surface area contributed by atoms with Gasteiger partial charge >= 0.3 is 0 Å². The molecule has 28 heavy (non-hydrogen) atoms. The summed E-state index contributed by atoms with van der Waals surface area (Å²) in [5.41, 5.74) is 12.9. The Kier molecular flexibility index (Phi) is 4.92. The van der Waals surface area contributed by atoms with E-state index in [2.05, 4.69) is 31.1 Å². The molecule has 0 aliphatic heterocycles. The number of anilines is 4. The van der Waals surface area contributed by atoms with Gasteiger partial charge in [-0.15, -0.1) is 0 Å². The van der Waals surface area contributed by atoms with Crippen LogP contribution in [-0.4, -0.2) is 20.9 Å². The van der Waals surface area contributed by atoms with Gasteiger partial charge in [-0.25, -0.2) is 15.0 Å². The lowest BCUT2D eigenvalue weighted by Gasteiger charge is -2.12. The molecule has 0 atom stereocenters. The summed E-state index contributed by atoms with van der Waals surface area (Å²) in [6.07, 6.45) is 1.33. The number of hydrogen-bond donors (Lipinski definition) is 4. The Bertz CT molecular complexity index is 1130. The molecule has 2 aromatic heterocycles. The number of halogens is 1. The molecule has 0 fully saturated rings. The molecule has 0 spiro atoms. The predicted octanol–water partition coefficient (Wildman–Crippen LogP) is 3.82. The molecule has 0 radical (unpaired) electrons. The van der Waals surface area contributed by atoms with Crippen molar-refractivity contribution in [2.75, 3.05) is 16.5 Å². The zero-order valence-corrected chi connectivity index (χ0v) is 15.9. The molecule has 140 valence electrons. The highest BCUT2D eigenvalue weighted by Crippen LogP contribution is 2.30. The van der Waals surface area contributed by atoms with E-state index in [-0.39, 0.29) is 17.4 Å². The van der Waals surface area contributed by atoms with Crippen LogP contribution in [0, 0.1) is 0 Å². The number of hydrazine groups is 1. The van der Waals surface area contributed by atoms with Crippen molar-refractivity contribution in [3.05, 3.63) is 65.4 Å². The van der Waals surface area contributed by atoms with Crippen LogP contribution in [0.25, 0.3) is 10.2 Å². The molecule has 2 aromatic carbocycles. The number of nitrogens with one attached hydrogen (secondary N) is 3. The van der Waals surface area contributed by atoms with E-state index in [1.54, 1.807) is 24.3 Å². The maximum absolute atomic E-state index is 12.2. The lowest BCUT2D eigenvalue weighted by molar-refractivity contribution is 0.0962. The standard InChI is InChI=1S/C18H14ClN7OS/c19-11-5-3-4-10(8-11)17(27)26-25-16-14(20)15(21-9-22-16)24-18-23-12-6-1-2-7-13(12)28-18/h1-9H,20H2,(H,26,27)(H2,21,22,23,24,25). The highest BCUT2D eigenvalue weighted by Gasteiger charge is 2.12. The van der Waals surface area contributed by atoms with Gasteiger partial charge in [0.25, 0.3) is 5.91 Å². The van der Waals surface area contributed by atoms with Gasteiger partial charge in [0, 0.05) is 10.6 Å². The number of carbonyl (C=O) groups is 1. The van der Waals surface area contributed by atoms with E-state index in [9.17, 15) is 4.79 Å². The zero-order chi connectivity index (χ0) is 19.5. The molecule has 8 nitrogen and oxygen atoms in total. The first-order chi connectivity index (χ1) is 13.6. The van der Waals surface area contributed by atoms with E-state index in [1.807, 2.05) is 24.3 Å². The fraction of sp³-hybridized carbons (Fsp3) is 0.